The number of hydrogen-bond acceptors (Lipinski definition) is 2. The highest BCUT2D eigenvalue weighted by Gasteiger charge is 2.26. The Hall–Kier alpha value is -1.64. The number of aliphatic hydroxyl groups is 1. The minimum atomic E-state index is -0.918. The second-order valence-corrected chi connectivity index (χ2v) is 5.56. The fourth-order valence-electron chi connectivity index (χ4n) is 2.19. The molecule has 1 nitrogen and oxygen atoms in total. The van der Waals surface area contributed by atoms with Crippen molar-refractivity contribution >= 4 is 22.1 Å². The zero-order chi connectivity index (χ0) is 12.6. The van der Waals surface area contributed by atoms with Crippen LogP contribution < -0.4 is 0 Å². The molecule has 2 aromatic carbocycles. The Balaban J connectivity index is 2.14. The number of rotatable bonds is 2. The van der Waals surface area contributed by atoms with E-state index < -0.39 is 5.60 Å². The minimum Gasteiger partial charge on any atom is -0.380 e. The first-order chi connectivity index (χ1) is 8.68. The summed E-state index contributed by atoms with van der Waals surface area (Å²) in [4.78, 5) is 0.970. The highest BCUT2D eigenvalue weighted by molar-refractivity contribution is 7.10. The van der Waals surface area contributed by atoms with Crippen LogP contribution in [0.4, 0.5) is 0 Å². The van der Waals surface area contributed by atoms with Gasteiger partial charge in [-0.25, -0.2) is 0 Å². The van der Waals surface area contributed by atoms with Crippen LogP contribution in [0.1, 0.15) is 17.4 Å². The molecule has 0 bridgehead atoms. The van der Waals surface area contributed by atoms with Crippen LogP contribution in [0.2, 0.25) is 0 Å². The molecule has 0 amide bonds. The van der Waals surface area contributed by atoms with E-state index in [0.29, 0.717) is 0 Å². The third kappa shape index (κ3) is 1.84. The summed E-state index contributed by atoms with van der Waals surface area (Å²) in [6.45, 7) is 1.85. The lowest BCUT2D eigenvalue weighted by molar-refractivity contribution is 0.106. The highest BCUT2D eigenvalue weighted by atomic mass is 32.1. The summed E-state index contributed by atoms with van der Waals surface area (Å²) >= 11 is 1.58. The molecule has 0 aliphatic carbocycles. The van der Waals surface area contributed by atoms with Gasteiger partial charge in [0.05, 0.1) is 0 Å². The Morgan fingerprint density at radius 1 is 0.944 bits per heavy atom. The lowest BCUT2D eigenvalue weighted by atomic mass is 9.92. The molecule has 0 radical (unpaired) electrons. The molecule has 0 aliphatic heterocycles. The monoisotopic (exact) mass is 254 g/mol. The van der Waals surface area contributed by atoms with E-state index in [1.807, 2.05) is 42.6 Å². The second kappa shape index (κ2) is 4.23. The fraction of sp³-hybridized carbons (Fsp3) is 0.125. The zero-order valence-corrected chi connectivity index (χ0v) is 10.9. The Morgan fingerprint density at radius 3 is 2.44 bits per heavy atom. The fourth-order valence-corrected chi connectivity index (χ4v) is 3.00. The van der Waals surface area contributed by atoms with E-state index in [0.717, 1.165) is 15.8 Å². The van der Waals surface area contributed by atoms with Crippen molar-refractivity contribution in [2.75, 3.05) is 0 Å². The summed E-state index contributed by atoms with van der Waals surface area (Å²) in [5.74, 6) is 0. The smallest absolute Gasteiger partial charge is 0.121 e. The predicted molar refractivity (Wildman–Crippen MR) is 76.9 cm³/mol. The lowest BCUT2D eigenvalue weighted by Gasteiger charge is -2.23. The quantitative estimate of drug-likeness (QED) is 0.728. The average Bonchev–Trinajstić information content (AvgIpc) is 2.92. The SMILES string of the molecule is CC(O)(c1ccc2ccccc2c1)c1cccs1. The molecule has 0 saturated carbocycles. The molecule has 3 rings (SSSR count). The van der Waals surface area contributed by atoms with Crippen molar-refractivity contribution in [2.24, 2.45) is 0 Å². The van der Waals surface area contributed by atoms with E-state index in [4.69, 9.17) is 0 Å². The van der Waals surface area contributed by atoms with Gasteiger partial charge < -0.3 is 5.11 Å². The van der Waals surface area contributed by atoms with Gasteiger partial charge in [-0.05, 0) is 40.8 Å². The van der Waals surface area contributed by atoms with Crippen LogP contribution in [-0.2, 0) is 5.60 Å². The van der Waals surface area contributed by atoms with Crippen LogP contribution in [0.3, 0.4) is 0 Å². The van der Waals surface area contributed by atoms with Crippen molar-refractivity contribution in [3.8, 4) is 0 Å². The maximum absolute atomic E-state index is 10.7. The minimum absolute atomic E-state index is 0.918. The number of fused-ring (bicyclic) bond motifs is 1. The van der Waals surface area contributed by atoms with E-state index in [9.17, 15) is 5.11 Å². The van der Waals surface area contributed by atoms with E-state index in [-0.39, 0.29) is 0 Å². The van der Waals surface area contributed by atoms with Crippen LogP contribution in [-0.4, -0.2) is 5.11 Å². The van der Waals surface area contributed by atoms with Gasteiger partial charge in [0.15, 0.2) is 0 Å². The van der Waals surface area contributed by atoms with Gasteiger partial charge in [-0.1, -0.05) is 42.5 Å². The summed E-state index contributed by atoms with van der Waals surface area (Å²) in [5, 5.41) is 15.1. The molecule has 0 fully saturated rings. The van der Waals surface area contributed by atoms with Gasteiger partial charge in [-0.2, -0.15) is 0 Å². The summed E-state index contributed by atoms with van der Waals surface area (Å²) in [6.07, 6.45) is 0. The largest absolute Gasteiger partial charge is 0.380 e. The molecule has 0 saturated heterocycles. The molecular formula is C16H14OS. The third-order valence-electron chi connectivity index (χ3n) is 3.31. The van der Waals surface area contributed by atoms with Crippen LogP contribution in [0.5, 0.6) is 0 Å². The first-order valence-electron chi connectivity index (χ1n) is 5.93. The van der Waals surface area contributed by atoms with Gasteiger partial charge in [-0.15, -0.1) is 11.3 Å². The van der Waals surface area contributed by atoms with Crippen LogP contribution >= 0.6 is 11.3 Å². The molecule has 0 aliphatic rings. The molecule has 1 N–H and O–H groups in total. The molecule has 1 unspecified atom stereocenters. The van der Waals surface area contributed by atoms with Gasteiger partial charge in [0.1, 0.15) is 5.60 Å². The Bertz CT molecular complexity index is 668. The van der Waals surface area contributed by atoms with Crippen molar-refractivity contribution in [1.82, 2.24) is 0 Å². The standard InChI is InChI=1S/C16H14OS/c1-16(17,15-7-4-10-18-15)14-9-8-12-5-2-3-6-13(12)11-14/h2-11,17H,1H3. The van der Waals surface area contributed by atoms with Crippen molar-refractivity contribution in [2.45, 2.75) is 12.5 Å². The molecule has 90 valence electrons. The molecule has 18 heavy (non-hydrogen) atoms. The summed E-state index contributed by atoms with van der Waals surface area (Å²) in [5.41, 5.74) is 0.0155. The topological polar surface area (TPSA) is 20.2 Å². The number of thiophene rings is 1. The first kappa shape index (κ1) is 11.5. The van der Waals surface area contributed by atoms with E-state index >= 15 is 0 Å². The normalized spacial score (nSPS) is 14.6. The van der Waals surface area contributed by atoms with Gasteiger partial charge >= 0.3 is 0 Å². The van der Waals surface area contributed by atoms with Crippen molar-refractivity contribution < 1.29 is 5.11 Å². The molecular weight excluding hydrogens is 240 g/mol. The van der Waals surface area contributed by atoms with Crippen LogP contribution in [0, 0.1) is 0 Å². The summed E-state index contributed by atoms with van der Waals surface area (Å²) < 4.78 is 0. The van der Waals surface area contributed by atoms with Gasteiger partial charge in [0.2, 0.25) is 0 Å². The maximum atomic E-state index is 10.7. The maximum Gasteiger partial charge on any atom is 0.121 e. The second-order valence-electron chi connectivity index (χ2n) is 4.61. The molecule has 3 aromatic rings. The zero-order valence-electron chi connectivity index (χ0n) is 10.1. The third-order valence-corrected chi connectivity index (χ3v) is 4.39. The van der Waals surface area contributed by atoms with Crippen molar-refractivity contribution in [1.29, 1.82) is 0 Å². The molecule has 2 heteroatoms. The Kier molecular flexibility index (Phi) is 2.69. The van der Waals surface area contributed by atoms with Gasteiger partial charge in [0.25, 0.3) is 0 Å². The molecule has 0 spiro atoms. The van der Waals surface area contributed by atoms with E-state index in [1.165, 1.54) is 5.39 Å². The lowest BCUT2D eigenvalue weighted by Crippen LogP contribution is -2.21. The number of hydrogen-bond donors (Lipinski definition) is 1. The highest BCUT2D eigenvalue weighted by Crippen LogP contribution is 2.33. The summed E-state index contributed by atoms with van der Waals surface area (Å²) in [6, 6.07) is 18.3. The van der Waals surface area contributed by atoms with Crippen LogP contribution in [0.25, 0.3) is 10.8 Å². The first-order valence-corrected chi connectivity index (χ1v) is 6.81. The van der Waals surface area contributed by atoms with Gasteiger partial charge in [0, 0.05) is 4.88 Å². The Labute approximate surface area is 110 Å². The number of benzene rings is 2. The average molecular weight is 254 g/mol. The predicted octanol–water partition coefficient (Wildman–Crippen LogP) is 4.16. The van der Waals surface area contributed by atoms with Gasteiger partial charge in [-0.3, -0.25) is 0 Å². The molecule has 1 heterocycles. The van der Waals surface area contributed by atoms with E-state index in [2.05, 4.69) is 24.3 Å². The summed E-state index contributed by atoms with van der Waals surface area (Å²) in [7, 11) is 0. The van der Waals surface area contributed by atoms with Crippen LogP contribution in [0.15, 0.2) is 60.0 Å². The van der Waals surface area contributed by atoms with Crippen molar-refractivity contribution in [3.63, 3.8) is 0 Å². The molecule has 1 aromatic heterocycles. The molecule has 1 atom stereocenters. The Morgan fingerprint density at radius 2 is 1.72 bits per heavy atom. The van der Waals surface area contributed by atoms with Crippen molar-refractivity contribution in [3.05, 3.63) is 70.4 Å². The van der Waals surface area contributed by atoms with E-state index in [1.54, 1.807) is 11.3 Å².